The molecule has 1 fully saturated rings. The molecule has 0 spiro atoms. The minimum Gasteiger partial charge on any atom is -0.495 e. The molecule has 3 aromatic rings. The summed E-state index contributed by atoms with van der Waals surface area (Å²) in [6.07, 6.45) is -3.39. The first-order valence-electron chi connectivity index (χ1n) is 11.0. The van der Waals surface area contributed by atoms with E-state index >= 15 is 0 Å². The van der Waals surface area contributed by atoms with Gasteiger partial charge in [-0.15, -0.1) is 11.3 Å². The van der Waals surface area contributed by atoms with Crippen LogP contribution in [-0.4, -0.2) is 60.1 Å². The van der Waals surface area contributed by atoms with Crippen LogP contribution < -0.4 is 15.0 Å². The van der Waals surface area contributed by atoms with Crippen molar-refractivity contribution in [1.29, 1.82) is 0 Å². The van der Waals surface area contributed by atoms with Crippen LogP contribution in [-0.2, 0) is 0 Å². The maximum absolute atomic E-state index is 13.9. The summed E-state index contributed by atoms with van der Waals surface area (Å²) in [4.78, 5) is 18.0. The predicted molar refractivity (Wildman–Crippen MR) is 124 cm³/mol. The van der Waals surface area contributed by atoms with Gasteiger partial charge in [0.15, 0.2) is 6.04 Å². The smallest absolute Gasteiger partial charge is 0.410 e. The molecule has 2 atom stereocenters. The number of fused-ring (bicyclic) bond motifs is 1. The summed E-state index contributed by atoms with van der Waals surface area (Å²) in [6, 6.07) is 8.97. The summed E-state index contributed by atoms with van der Waals surface area (Å²) < 4.78 is 48.0. The first-order chi connectivity index (χ1) is 16.4. The van der Waals surface area contributed by atoms with Crippen LogP contribution in [0.4, 0.5) is 24.7 Å². The second-order valence-electron chi connectivity index (χ2n) is 8.31. The van der Waals surface area contributed by atoms with Gasteiger partial charge in [0.2, 0.25) is 0 Å². The van der Waals surface area contributed by atoms with Crippen LogP contribution in [0.5, 0.6) is 5.75 Å². The Morgan fingerprint density at radius 1 is 1.15 bits per heavy atom. The highest BCUT2D eigenvalue weighted by Gasteiger charge is 2.47. The van der Waals surface area contributed by atoms with Crippen LogP contribution in [0, 0.1) is 0 Å². The van der Waals surface area contributed by atoms with Crippen molar-refractivity contribution in [3.63, 3.8) is 0 Å². The molecule has 0 unspecified atom stereocenters. The van der Waals surface area contributed by atoms with E-state index in [9.17, 15) is 18.0 Å². The molecule has 180 valence electrons. The second kappa shape index (κ2) is 8.86. The normalized spacial score (nSPS) is 20.6. The molecule has 5 rings (SSSR count). The lowest BCUT2D eigenvalue weighted by atomic mass is 10.0. The van der Waals surface area contributed by atoms with Crippen LogP contribution in [0.2, 0.25) is 0 Å². The number of piperazine rings is 1. The Balaban J connectivity index is 1.36. The molecule has 2 aliphatic heterocycles. The zero-order valence-electron chi connectivity index (χ0n) is 18.5. The van der Waals surface area contributed by atoms with Gasteiger partial charge in [-0.25, -0.2) is 4.68 Å². The molecule has 0 radical (unpaired) electrons. The van der Waals surface area contributed by atoms with Crippen molar-refractivity contribution < 1.29 is 22.7 Å². The Morgan fingerprint density at radius 2 is 1.91 bits per heavy atom. The van der Waals surface area contributed by atoms with Crippen molar-refractivity contribution >= 4 is 28.7 Å². The number of methoxy groups -OCH3 is 1. The number of ether oxygens (including phenoxy) is 1. The van der Waals surface area contributed by atoms with Gasteiger partial charge in [-0.2, -0.15) is 18.3 Å². The zero-order valence-corrected chi connectivity index (χ0v) is 19.3. The van der Waals surface area contributed by atoms with E-state index < -0.39 is 18.3 Å². The molecule has 1 saturated heterocycles. The SMILES string of the molecule is COc1ccccc1N1CCN(C(=O)c2cnn3c2N[C@@H](c2cccs2)C[C@H]3C(F)(F)F)CC1. The van der Waals surface area contributed by atoms with Crippen LogP contribution in [0.1, 0.15) is 33.7 Å². The highest BCUT2D eigenvalue weighted by atomic mass is 32.1. The molecular weight excluding hydrogens is 467 g/mol. The van der Waals surface area contributed by atoms with Gasteiger partial charge in [0.25, 0.3) is 5.91 Å². The maximum Gasteiger partial charge on any atom is 0.410 e. The number of hydrogen-bond donors (Lipinski definition) is 1. The summed E-state index contributed by atoms with van der Waals surface area (Å²) in [7, 11) is 1.62. The van der Waals surface area contributed by atoms with E-state index in [2.05, 4.69) is 15.3 Å². The first kappa shape index (κ1) is 22.6. The number of aromatic nitrogens is 2. The summed E-state index contributed by atoms with van der Waals surface area (Å²) >= 11 is 1.39. The second-order valence-corrected chi connectivity index (χ2v) is 9.29. The molecule has 34 heavy (non-hydrogen) atoms. The lowest BCUT2D eigenvalue weighted by Crippen LogP contribution is -2.49. The van der Waals surface area contributed by atoms with Crippen LogP contribution >= 0.6 is 11.3 Å². The van der Waals surface area contributed by atoms with Crippen molar-refractivity contribution in [2.75, 3.05) is 43.5 Å². The molecule has 0 aliphatic carbocycles. The van der Waals surface area contributed by atoms with Gasteiger partial charge in [0, 0.05) is 37.5 Å². The summed E-state index contributed by atoms with van der Waals surface area (Å²) in [6.45, 7) is 2.06. The standard InChI is InChI=1S/C23H24F3N5O2S/c1-33-18-6-3-2-5-17(18)29-8-10-30(11-9-29)22(32)15-14-27-31-20(23(24,25)26)13-16(28-21(15)31)19-7-4-12-34-19/h2-7,12,14,16,20,28H,8-11,13H2,1H3/t16-,20+/m1/s1. The lowest BCUT2D eigenvalue weighted by Gasteiger charge is -2.37. The third kappa shape index (κ3) is 4.08. The Morgan fingerprint density at radius 3 is 2.59 bits per heavy atom. The van der Waals surface area contributed by atoms with Gasteiger partial charge < -0.3 is 19.9 Å². The fourth-order valence-corrected chi connectivity index (χ4v) is 5.40. The van der Waals surface area contributed by atoms with Crippen LogP contribution in [0.15, 0.2) is 48.0 Å². The summed E-state index contributed by atoms with van der Waals surface area (Å²) in [5, 5.41) is 8.97. The Kier molecular flexibility index (Phi) is 5.88. The lowest BCUT2D eigenvalue weighted by molar-refractivity contribution is -0.173. The number of rotatable bonds is 4. The van der Waals surface area contributed by atoms with Crippen molar-refractivity contribution in [3.05, 3.63) is 58.4 Å². The van der Waals surface area contributed by atoms with Crippen molar-refractivity contribution in [1.82, 2.24) is 14.7 Å². The molecule has 7 nitrogen and oxygen atoms in total. The number of alkyl halides is 3. The number of thiophene rings is 1. The van der Waals surface area contributed by atoms with Crippen molar-refractivity contribution in [2.24, 2.45) is 0 Å². The van der Waals surface area contributed by atoms with Gasteiger partial charge >= 0.3 is 6.18 Å². The number of benzene rings is 1. The molecular formula is C23H24F3N5O2S. The number of nitrogens with zero attached hydrogens (tertiary/aromatic N) is 4. The fourth-order valence-electron chi connectivity index (χ4n) is 4.61. The number of carbonyl (C=O) groups excluding carboxylic acids is 1. The number of nitrogens with one attached hydrogen (secondary N) is 1. The van der Waals surface area contributed by atoms with Gasteiger partial charge in [-0.3, -0.25) is 4.79 Å². The number of carbonyl (C=O) groups is 1. The molecule has 1 aromatic carbocycles. The van der Waals surface area contributed by atoms with E-state index in [1.54, 1.807) is 18.1 Å². The quantitative estimate of drug-likeness (QED) is 0.579. The largest absolute Gasteiger partial charge is 0.495 e. The molecule has 2 aliphatic rings. The summed E-state index contributed by atoms with van der Waals surface area (Å²) in [5.74, 6) is 0.570. The van der Waals surface area contributed by atoms with E-state index in [-0.39, 0.29) is 23.7 Å². The molecule has 11 heteroatoms. The predicted octanol–water partition coefficient (Wildman–Crippen LogP) is 4.58. The molecule has 1 N–H and O–H groups in total. The Hall–Kier alpha value is -3.21. The number of hydrogen-bond acceptors (Lipinski definition) is 6. The van der Waals surface area contributed by atoms with E-state index in [1.807, 2.05) is 35.7 Å². The van der Waals surface area contributed by atoms with Gasteiger partial charge in [0.1, 0.15) is 17.1 Å². The zero-order chi connectivity index (χ0) is 23.9. The third-order valence-corrected chi connectivity index (χ3v) is 7.33. The number of anilines is 2. The minimum atomic E-state index is -4.47. The first-order valence-corrected chi connectivity index (χ1v) is 11.9. The van der Waals surface area contributed by atoms with Gasteiger partial charge in [-0.1, -0.05) is 18.2 Å². The number of para-hydroxylation sites is 2. The molecule has 0 bridgehead atoms. The number of halogens is 3. The highest BCUT2D eigenvalue weighted by molar-refractivity contribution is 7.10. The summed E-state index contributed by atoms with van der Waals surface area (Å²) in [5.41, 5.74) is 1.12. The van der Waals surface area contributed by atoms with E-state index in [1.165, 1.54) is 17.5 Å². The number of amides is 1. The van der Waals surface area contributed by atoms with E-state index in [4.69, 9.17) is 4.74 Å². The molecule has 4 heterocycles. The minimum absolute atomic E-state index is 0.129. The monoisotopic (exact) mass is 491 g/mol. The average molecular weight is 492 g/mol. The Bertz CT molecular complexity index is 1160. The average Bonchev–Trinajstić information content (AvgIpc) is 3.53. The van der Waals surface area contributed by atoms with E-state index in [0.717, 1.165) is 21.0 Å². The highest BCUT2D eigenvalue weighted by Crippen LogP contribution is 2.45. The topological polar surface area (TPSA) is 62.6 Å². The third-order valence-electron chi connectivity index (χ3n) is 6.35. The van der Waals surface area contributed by atoms with Gasteiger partial charge in [-0.05, 0) is 23.6 Å². The van der Waals surface area contributed by atoms with Crippen molar-refractivity contribution in [2.45, 2.75) is 24.7 Å². The van der Waals surface area contributed by atoms with E-state index in [0.29, 0.717) is 26.2 Å². The van der Waals surface area contributed by atoms with Crippen LogP contribution in [0.3, 0.4) is 0 Å². The fraction of sp³-hybridized carbons (Fsp3) is 0.391. The molecule has 1 amide bonds. The van der Waals surface area contributed by atoms with Crippen LogP contribution in [0.25, 0.3) is 0 Å². The van der Waals surface area contributed by atoms with Gasteiger partial charge in [0.05, 0.1) is 25.0 Å². The molecule has 2 aromatic heterocycles. The molecule has 0 saturated carbocycles. The Labute approximate surface area is 198 Å². The van der Waals surface area contributed by atoms with Crippen molar-refractivity contribution in [3.8, 4) is 5.75 Å². The maximum atomic E-state index is 13.9.